The number of carbonyl (C=O) groups is 2. The number of benzene rings is 2. The van der Waals surface area contributed by atoms with Crippen molar-refractivity contribution in [3.63, 3.8) is 0 Å². The predicted octanol–water partition coefficient (Wildman–Crippen LogP) is 3.89. The molecule has 11 heteroatoms. The number of carboxylic acid groups (broad SMARTS) is 1. The summed E-state index contributed by atoms with van der Waals surface area (Å²) in [6, 6.07) is 10.1. The van der Waals surface area contributed by atoms with Gasteiger partial charge < -0.3 is 14.9 Å². The molecule has 3 N–H and O–H groups in total. The zero-order valence-corrected chi connectivity index (χ0v) is 17.7. The molecule has 1 heterocycles. The van der Waals surface area contributed by atoms with Crippen LogP contribution in [0.25, 0.3) is 10.4 Å². The lowest BCUT2D eigenvalue weighted by Crippen LogP contribution is -2.19. The van der Waals surface area contributed by atoms with E-state index in [9.17, 15) is 24.8 Å². The molecule has 0 bridgehead atoms. The van der Waals surface area contributed by atoms with E-state index in [0.29, 0.717) is 21.9 Å². The Morgan fingerprint density at radius 1 is 1.16 bits per heavy atom. The molecule has 0 unspecified atom stereocenters. The van der Waals surface area contributed by atoms with Crippen molar-refractivity contribution in [1.29, 1.82) is 0 Å². The van der Waals surface area contributed by atoms with Gasteiger partial charge in [-0.1, -0.05) is 0 Å². The van der Waals surface area contributed by atoms with Crippen LogP contribution in [0.4, 0.5) is 5.69 Å². The van der Waals surface area contributed by atoms with Gasteiger partial charge in [-0.15, -0.1) is 11.3 Å². The average molecular weight is 455 g/mol. The van der Waals surface area contributed by atoms with E-state index in [-0.39, 0.29) is 11.3 Å². The number of hydrogen-bond donors (Lipinski definition) is 3. The van der Waals surface area contributed by atoms with Crippen LogP contribution in [0.1, 0.15) is 33.2 Å². The molecule has 3 aromatic rings. The summed E-state index contributed by atoms with van der Waals surface area (Å²) in [5.41, 5.74) is 2.40. The summed E-state index contributed by atoms with van der Waals surface area (Å²) < 4.78 is 5.12. The number of nitro groups is 1. The Labute approximate surface area is 185 Å². The van der Waals surface area contributed by atoms with Crippen molar-refractivity contribution in [3.8, 4) is 21.9 Å². The summed E-state index contributed by atoms with van der Waals surface area (Å²) in [7, 11) is 1.56. The highest BCUT2D eigenvalue weighted by Crippen LogP contribution is 2.39. The smallest absolute Gasteiger partial charge is 0.342 e. The minimum absolute atomic E-state index is 0.00267. The lowest BCUT2D eigenvalue weighted by Gasteiger charge is -2.05. The van der Waals surface area contributed by atoms with E-state index in [0.717, 1.165) is 23.8 Å². The van der Waals surface area contributed by atoms with Gasteiger partial charge in [-0.3, -0.25) is 14.9 Å². The first kappa shape index (κ1) is 22.4. The van der Waals surface area contributed by atoms with Crippen molar-refractivity contribution in [1.82, 2.24) is 5.43 Å². The summed E-state index contributed by atoms with van der Waals surface area (Å²) in [6.45, 7) is 1.58. The third-order valence-corrected chi connectivity index (χ3v) is 5.54. The third kappa shape index (κ3) is 4.57. The number of amides is 1. The van der Waals surface area contributed by atoms with Crippen LogP contribution in [0.5, 0.6) is 11.5 Å². The molecular weight excluding hydrogens is 438 g/mol. The second kappa shape index (κ2) is 9.27. The lowest BCUT2D eigenvalue weighted by molar-refractivity contribution is -0.385. The van der Waals surface area contributed by atoms with Gasteiger partial charge in [0.05, 0.1) is 28.2 Å². The van der Waals surface area contributed by atoms with Crippen LogP contribution in [0.15, 0.2) is 52.9 Å². The number of hydrazone groups is 1. The highest BCUT2D eigenvalue weighted by atomic mass is 32.1. The second-order valence-electron chi connectivity index (χ2n) is 6.49. The van der Waals surface area contributed by atoms with Gasteiger partial charge in [-0.2, -0.15) is 5.10 Å². The highest BCUT2D eigenvalue weighted by Gasteiger charge is 2.22. The molecule has 164 valence electrons. The number of carbonyl (C=O) groups excluding carboxylic acids is 1. The zero-order chi connectivity index (χ0) is 23.4. The Hall–Kier alpha value is -4.25. The number of methoxy groups -OCH3 is 1. The molecule has 2 aromatic carbocycles. The number of nitrogens with zero attached hydrogens (tertiary/aromatic N) is 2. The largest absolute Gasteiger partial charge is 0.506 e. The van der Waals surface area contributed by atoms with Crippen LogP contribution in [0, 0.1) is 10.1 Å². The maximum Gasteiger partial charge on any atom is 0.342 e. The summed E-state index contributed by atoms with van der Waals surface area (Å²) >= 11 is 1.30. The zero-order valence-electron chi connectivity index (χ0n) is 16.9. The normalized spacial score (nSPS) is 11.1. The molecule has 0 saturated heterocycles. The van der Waals surface area contributed by atoms with Gasteiger partial charge in [-0.25, -0.2) is 10.2 Å². The maximum absolute atomic E-state index is 12.3. The molecule has 10 nitrogen and oxygen atoms in total. The SMILES string of the molecule is COc1ccc(-c2scc(/C(C)=N/NC(=O)c3ccc(C(=O)O)c([N+](=O)[O-])c3)c2O)cc1. The number of carboxylic acids is 1. The lowest BCUT2D eigenvalue weighted by atomic mass is 10.1. The monoisotopic (exact) mass is 455 g/mol. The van der Waals surface area contributed by atoms with E-state index in [1.54, 1.807) is 43.7 Å². The number of rotatable bonds is 7. The predicted molar refractivity (Wildman–Crippen MR) is 118 cm³/mol. The Bertz CT molecular complexity index is 1230. The number of ether oxygens (including phenoxy) is 1. The molecule has 0 atom stereocenters. The van der Waals surface area contributed by atoms with Crippen LogP contribution in [0.2, 0.25) is 0 Å². The van der Waals surface area contributed by atoms with Gasteiger partial charge >= 0.3 is 5.97 Å². The summed E-state index contributed by atoms with van der Waals surface area (Å²) in [5, 5.41) is 36.4. The Morgan fingerprint density at radius 3 is 2.44 bits per heavy atom. The Balaban J connectivity index is 1.81. The molecule has 32 heavy (non-hydrogen) atoms. The van der Waals surface area contributed by atoms with Crippen LogP contribution >= 0.6 is 11.3 Å². The summed E-state index contributed by atoms with van der Waals surface area (Å²) in [6.07, 6.45) is 0. The first-order valence-corrected chi connectivity index (χ1v) is 9.92. The van der Waals surface area contributed by atoms with E-state index in [1.807, 2.05) is 0 Å². The molecule has 1 amide bonds. The fourth-order valence-corrected chi connectivity index (χ4v) is 3.83. The Kier molecular flexibility index (Phi) is 6.50. The molecular formula is C21H17N3O7S. The molecule has 0 aliphatic carbocycles. The molecule has 3 rings (SSSR count). The molecule has 1 aromatic heterocycles. The second-order valence-corrected chi connectivity index (χ2v) is 7.37. The van der Waals surface area contributed by atoms with Crippen molar-refractivity contribution in [2.24, 2.45) is 5.10 Å². The number of nitrogens with one attached hydrogen (secondary N) is 1. The number of aromatic hydroxyl groups is 1. The molecule has 0 fully saturated rings. The van der Waals surface area contributed by atoms with Gasteiger partial charge in [0.25, 0.3) is 11.6 Å². The van der Waals surface area contributed by atoms with Crippen molar-refractivity contribution < 1.29 is 29.5 Å². The van der Waals surface area contributed by atoms with Crippen molar-refractivity contribution in [2.75, 3.05) is 7.11 Å². The van der Waals surface area contributed by atoms with Gasteiger partial charge in [-0.05, 0) is 48.9 Å². The first-order valence-electron chi connectivity index (χ1n) is 9.04. The van der Waals surface area contributed by atoms with E-state index >= 15 is 0 Å². The number of aromatic carboxylic acids is 1. The fourth-order valence-electron chi connectivity index (χ4n) is 2.82. The van der Waals surface area contributed by atoms with Crippen LogP contribution in [-0.4, -0.2) is 39.8 Å². The van der Waals surface area contributed by atoms with Crippen molar-refractivity contribution >= 4 is 34.6 Å². The fraction of sp³-hybridized carbons (Fsp3) is 0.0952. The topological polar surface area (TPSA) is 151 Å². The van der Waals surface area contributed by atoms with Gasteiger partial charge in [0.15, 0.2) is 0 Å². The Morgan fingerprint density at radius 2 is 1.84 bits per heavy atom. The molecule has 0 saturated carbocycles. The summed E-state index contributed by atoms with van der Waals surface area (Å²) in [5.74, 6) is -1.56. The van der Waals surface area contributed by atoms with E-state index in [4.69, 9.17) is 9.84 Å². The number of thiophene rings is 1. The van der Waals surface area contributed by atoms with E-state index in [1.165, 1.54) is 11.3 Å². The van der Waals surface area contributed by atoms with Crippen LogP contribution < -0.4 is 10.2 Å². The molecule has 0 aliphatic rings. The minimum Gasteiger partial charge on any atom is -0.506 e. The van der Waals surface area contributed by atoms with E-state index in [2.05, 4.69) is 10.5 Å². The molecule has 0 radical (unpaired) electrons. The third-order valence-electron chi connectivity index (χ3n) is 4.52. The van der Waals surface area contributed by atoms with Crippen LogP contribution in [-0.2, 0) is 0 Å². The van der Waals surface area contributed by atoms with Gasteiger partial charge in [0.1, 0.15) is 17.1 Å². The number of nitro benzene ring substituents is 1. The molecule has 0 aliphatic heterocycles. The maximum atomic E-state index is 12.3. The van der Waals surface area contributed by atoms with Gasteiger partial charge in [0, 0.05) is 17.0 Å². The van der Waals surface area contributed by atoms with Crippen LogP contribution in [0.3, 0.4) is 0 Å². The minimum atomic E-state index is -1.47. The quantitative estimate of drug-likeness (QED) is 0.278. The van der Waals surface area contributed by atoms with Crippen molar-refractivity contribution in [3.05, 3.63) is 74.6 Å². The first-order chi connectivity index (χ1) is 15.2. The molecule has 0 spiro atoms. The average Bonchev–Trinajstić information content (AvgIpc) is 3.18. The highest BCUT2D eigenvalue weighted by molar-refractivity contribution is 7.14. The standard InChI is InChI=1S/C21H17N3O7S/c1-11(16-10-32-19(18(16)25)12-3-6-14(31-2)7-4-12)22-23-20(26)13-5-8-15(21(27)28)17(9-13)24(29)30/h3-10,25H,1-2H3,(H,23,26)(H,27,28)/b22-11+. The van der Waals surface area contributed by atoms with Gasteiger partial charge in [0.2, 0.25) is 0 Å². The number of hydrogen-bond acceptors (Lipinski definition) is 8. The summed E-state index contributed by atoms with van der Waals surface area (Å²) in [4.78, 5) is 34.3. The van der Waals surface area contributed by atoms with Crippen molar-refractivity contribution in [2.45, 2.75) is 6.92 Å². The van der Waals surface area contributed by atoms with E-state index < -0.39 is 28.1 Å².